The first-order chi connectivity index (χ1) is 11.5. The lowest BCUT2D eigenvalue weighted by Crippen LogP contribution is -2.32. The van der Waals surface area contributed by atoms with Crippen molar-refractivity contribution in [2.45, 2.75) is 13.0 Å². The quantitative estimate of drug-likeness (QED) is 0.758. The van der Waals surface area contributed by atoms with Crippen LogP contribution in [0.4, 0.5) is 19.3 Å². The van der Waals surface area contributed by atoms with Crippen LogP contribution in [0.1, 0.15) is 18.6 Å². The van der Waals surface area contributed by atoms with Crippen molar-refractivity contribution in [2.24, 2.45) is 0 Å². The van der Waals surface area contributed by atoms with Crippen molar-refractivity contribution in [1.29, 1.82) is 0 Å². The summed E-state index contributed by atoms with van der Waals surface area (Å²) in [7, 11) is 0. The Morgan fingerprint density at radius 3 is 2.71 bits per heavy atom. The van der Waals surface area contributed by atoms with E-state index in [1.165, 1.54) is 30.3 Å². The Morgan fingerprint density at radius 1 is 1.25 bits per heavy atom. The Bertz CT molecular complexity index is 710. The summed E-state index contributed by atoms with van der Waals surface area (Å²) in [5, 5.41) is 14.9. The zero-order valence-corrected chi connectivity index (χ0v) is 13.1. The normalized spacial score (nSPS) is 11.7. The van der Waals surface area contributed by atoms with Gasteiger partial charge in [-0.05, 0) is 25.1 Å². The minimum absolute atomic E-state index is 0.0922. The van der Waals surface area contributed by atoms with Gasteiger partial charge in [0.1, 0.15) is 17.4 Å². The minimum atomic E-state index is -1.18. The number of anilines is 1. The smallest absolute Gasteiger partial charge is 0.319 e. The molecule has 3 N–H and O–H groups in total. The molecule has 0 saturated heterocycles. The maximum absolute atomic E-state index is 13.5. The molecule has 5 nitrogen and oxygen atoms in total. The second-order valence-corrected chi connectivity index (χ2v) is 4.95. The van der Waals surface area contributed by atoms with E-state index in [1.54, 1.807) is 13.0 Å². The van der Waals surface area contributed by atoms with Crippen molar-refractivity contribution < 1.29 is 23.4 Å². The number of rotatable bonds is 6. The van der Waals surface area contributed by atoms with E-state index in [9.17, 15) is 18.7 Å². The summed E-state index contributed by atoms with van der Waals surface area (Å²) in [5.41, 5.74) is 0.380. The first-order valence-corrected chi connectivity index (χ1v) is 7.41. The molecule has 0 bridgehead atoms. The fourth-order valence-corrected chi connectivity index (χ4v) is 2.09. The number of aliphatic hydroxyl groups excluding tert-OH is 1. The van der Waals surface area contributed by atoms with Crippen molar-refractivity contribution >= 4 is 11.7 Å². The van der Waals surface area contributed by atoms with E-state index < -0.39 is 23.8 Å². The predicted octanol–water partition coefficient (Wildman–Crippen LogP) is 3.22. The largest absolute Gasteiger partial charge is 0.492 e. The second-order valence-electron chi connectivity index (χ2n) is 4.95. The highest BCUT2D eigenvalue weighted by molar-refractivity contribution is 5.90. The van der Waals surface area contributed by atoms with Crippen LogP contribution in [0.25, 0.3) is 0 Å². The summed E-state index contributed by atoms with van der Waals surface area (Å²) < 4.78 is 32.0. The molecule has 0 aliphatic heterocycles. The maximum Gasteiger partial charge on any atom is 0.319 e. The van der Waals surface area contributed by atoms with Gasteiger partial charge in [-0.3, -0.25) is 0 Å². The highest BCUT2D eigenvalue weighted by Crippen LogP contribution is 2.25. The summed E-state index contributed by atoms with van der Waals surface area (Å²) in [6, 6.07) is 8.85. The number of amides is 2. The molecule has 1 unspecified atom stereocenters. The standard InChI is InChI=1S/C17H18F2N2O3/c1-2-24-16-9-11(18)7-8-14(16)21-17(23)20-10-15(22)12-5-3-4-6-13(12)19/h3-9,15,22H,2,10H2,1H3,(H2,20,21,23). The molecule has 0 aliphatic rings. The molecule has 0 saturated carbocycles. The van der Waals surface area contributed by atoms with Gasteiger partial charge in [0.2, 0.25) is 0 Å². The molecule has 0 fully saturated rings. The number of carbonyl (C=O) groups is 1. The van der Waals surface area contributed by atoms with Crippen molar-refractivity contribution in [3.8, 4) is 5.75 Å². The Hall–Kier alpha value is -2.67. The number of aliphatic hydroxyl groups is 1. The van der Waals surface area contributed by atoms with Crippen LogP contribution in [0.3, 0.4) is 0 Å². The minimum Gasteiger partial charge on any atom is -0.492 e. The van der Waals surface area contributed by atoms with Gasteiger partial charge in [0.25, 0.3) is 0 Å². The van der Waals surface area contributed by atoms with E-state index in [2.05, 4.69) is 10.6 Å². The fourth-order valence-electron chi connectivity index (χ4n) is 2.09. The first kappa shape index (κ1) is 17.7. The molecule has 0 aliphatic carbocycles. The molecule has 0 heterocycles. The number of urea groups is 1. The van der Waals surface area contributed by atoms with Gasteiger partial charge in [-0.1, -0.05) is 18.2 Å². The van der Waals surface area contributed by atoms with Crippen molar-refractivity contribution in [3.05, 3.63) is 59.7 Å². The Balaban J connectivity index is 1.95. The number of ether oxygens (including phenoxy) is 1. The first-order valence-electron chi connectivity index (χ1n) is 7.41. The van der Waals surface area contributed by atoms with Gasteiger partial charge in [-0.2, -0.15) is 0 Å². The molecule has 2 rings (SSSR count). The van der Waals surface area contributed by atoms with Crippen LogP contribution in [0, 0.1) is 11.6 Å². The van der Waals surface area contributed by atoms with Crippen LogP contribution < -0.4 is 15.4 Å². The number of carbonyl (C=O) groups excluding carboxylic acids is 1. The van der Waals surface area contributed by atoms with Gasteiger partial charge in [-0.25, -0.2) is 13.6 Å². The molecule has 2 aromatic carbocycles. The lowest BCUT2D eigenvalue weighted by atomic mass is 10.1. The topological polar surface area (TPSA) is 70.6 Å². The number of halogens is 2. The van der Waals surface area contributed by atoms with Gasteiger partial charge in [0, 0.05) is 18.2 Å². The molecule has 0 radical (unpaired) electrons. The summed E-state index contributed by atoms with van der Waals surface area (Å²) in [6.07, 6.45) is -1.18. The molecule has 7 heteroatoms. The summed E-state index contributed by atoms with van der Waals surface area (Å²) in [6.45, 7) is 1.86. The molecule has 1 atom stereocenters. The highest BCUT2D eigenvalue weighted by Gasteiger charge is 2.14. The molecule has 128 valence electrons. The van der Waals surface area contributed by atoms with Crippen LogP contribution in [-0.2, 0) is 0 Å². The van der Waals surface area contributed by atoms with Gasteiger partial charge in [0.15, 0.2) is 0 Å². The Kier molecular flexibility index (Phi) is 6.08. The van der Waals surface area contributed by atoms with Crippen molar-refractivity contribution in [2.75, 3.05) is 18.5 Å². The molecule has 0 aromatic heterocycles. The third-order valence-electron chi connectivity index (χ3n) is 3.21. The van der Waals surface area contributed by atoms with Crippen molar-refractivity contribution in [1.82, 2.24) is 5.32 Å². The van der Waals surface area contributed by atoms with Crippen LogP contribution in [0.5, 0.6) is 5.75 Å². The summed E-state index contributed by atoms with van der Waals surface area (Å²) in [4.78, 5) is 11.9. The van der Waals surface area contributed by atoms with Crippen molar-refractivity contribution in [3.63, 3.8) is 0 Å². The fraction of sp³-hybridized carbons (Fsp3) is 0.235. The predicted molar refractivity (Wildman–Crippen MR) is 86.0 cm³/mol. The van der Waals surface area contributed by atoms with Crippen LogP contribution >= 0.6 is 0 Å². The van der Waals surface area contributed by atoms with Gasteiger partial charge in [0.05, 0.1) is 18.4 Å². The Labute approximate surface area is 138 Å². The third-order valence-corrected chi connectivity index (χ3v) is 3.21. The average molecular weight is 336 g/mol. The maximum atomic E-state index is 13.5. The molecule has 24 heavy (non-hydrogen) atoms. The number of nitrogens with one attached hydrogen (secondary N) is 2. The van der Waals surface area contributed by atoms with Crippen LogP contribution in [0.15, 0.2) is 42.5 Å². The van der Waals surface area contributed by atoms with E-state index in [-0.39, 0.29) is 23.5 Å². The lowest BCUT2D eigenvalue weighted by molar-refractivity contribution is 0.170. The lowest BCUT2D eigenvalue weighted by Gasteiger charge is -2.15. The highest BCUT2D eigenvalue weighted by atomic mass is 19.1. The molecule has 2 amide bonds. The van der Waals surface area contributed by atoms with E-state index in [0.29, 0.717) is 6.61 Å². The Morgan fingerprint density at radius 2 is 2.00 bits per heavy atom. The van der Waals surface area contributed by atoms with Gasteiger partial charge < -0.3 is 20.5 Å². The van der Waals surface area contributed by atoms with Crippen LogP contribution in [-0.4, -0.2) is 24.3 Å². The molecular formula is C17H18F2N2O3. The van der Waals surface area contributed by atoms with Crippen LogP contribution in [0.2, 0.25) is 0 Å². The summed E-state index contributed by atoms with van der Waals surface area (Å²) >= 11 is 0. The van der Waals surface area contributed by atoms with E-state index in [4.69, 9.17) is 4.74 Å². The molecule has 2 aromatic rings. The monoisotopic (exact) mass is 336 g/mol. The van der Waals surface area contributed by atoms with E-state index in [1.807, 2.05) is 0 Å². The second kappa shape index (κ2) is 8.26. The van der Waals surface area contributed by atoms with E-state index in [0.717, 1.165) is 6.07 Å². The number of benzene rings is 2. The third kappa shape index (κ3) is 4.66. The molecule has 0 spiro atoms. The number of hydrogen-bond donors (Lipinski definition) is 3. The zero-order valence-electron chi connectivity index (χ0n) is 13.1. The number of hydrogen-bond acceptors (Lipinski definition) is 3. The van der Waals surface area contributed by atoms with Gasteiger partial charge >= 0.3 is 6.03 Å². The zero-order chi connectivity index (χ0) is 17.5. The SMILES string of the molecule is CCOc1cc(F)ccc1NC(=O)NCC(O)c1ccccc1F. The average Bonchev–Trinajstić information content (AvgIpc) is 2.56. The van der Waals surface area contributed by atoms with E-state index >= 15 is 0 Å². The summed E-state index contributed by atoms with van der Waals surface area (Å²) in [5.74, 6) is -0.842. The molecular weight excluding hydrogens is 318 g/mol. The van der Waals surface area contributed by atoms with Gasteiger partial charge in [-0.15, -0.1) is 0 Å².